The Labute approximate surface area is 400 Å². The molecule has 0 aromatic carbocycles. The SMILES string of the molecule is CCN[C@@H]1CC[C@@H](C[C@@H](C)[C@@H]2CC(=O)[C@H](C)/C=C(\C)[C@@H](O)[C@@H](OC)C(=O)[C@H](C)C[C@H](C)/C=C/C=C/C=C(\C)[C@@H](OC)C[C@@H]3CC[C@@H](C)[C@@](O)(O3)C(=O)C(=O)N3CCCC[C@H]3C(=O)O2)C[C@H]1OC. The number of rotatable bonds is 8. The van der Waals surface area contributed by atoms with Crippen LogP contribution in [0.5, 0.6) is 0 Å². The molecule has 3 fully saturated rings. The third-order valence-electron chi connectivity index (χ3n) is 15.0. The molecule has 1 amide bonds. The molecule has 3 aliphatic heterocycles. The number of nitrogens with zero attached hydrogens (tertiary/aromatic N) is 1. The molecule has 3 heterocycles. The van der Waals surface area contributed by atoms with Crippen molar-refractivity contribution in [3.63, 3.8) is 0 Å². The van der Waals surface area contributed by atoms with Crippen molar-refractivity contribution in [2.75, 3.05) is 34.4 Å². The number of carbonyl (C=O) groups is 5. The Bertz CT molecular complexity index is 1790. The Kier molecular flexibility index (Phi) is 22.3. The predicted molar refractivity (Wildman–Crippen MR) is 257 cm³/mol. The summed E-state index contributed by atoms with van der Waals surface area (Å²) in [6, 6.07) is -0.885. The Balaban J connectivity index is 1.70. The molecule has 1 aliphatic carbocycles. The molecule has 1 saturated carbocycles. The number of aliphatic hydroxyl groups excluding tert-OH is 1. The first-order chi connectivity index (χ1) is 31.8. The summed E-state index contributed by atoms with van der Waals surface area (Å²) in [7, 11) is 4.70. The standard InChI is InChI=1S/C53H84N2O12/c1-12-54-41-24-22-39(29-46(41)64-10)28-35(5)45-31-43(56)34(4)27-37(7)48(58)49(65-11)47(57)36(6)26-32(2)18-14-13-15-19-33(3)44(63-9)30-40-23-21-38(8)53(62,67-40)50(59)51(60)55-25-17-16-20-42(55)52(61)66-45/h13-15,18-19,27,32,34-36,38-42,44-46,48-49,54,58,62H,12,16-17,20-26,28-31H2,1-11H3/b15-13+,18-14+,33-19+,37-27+/t32-,34-,35-,36-,38-,39+,40+,41-,42+,44+,45+,46-,48-,49+,53-/m1/s1. The third kappa shape index (κ3) is 15.1. The van der Waals surface area contributed by atoms with E-state index in [1.165, 1.54) is 12.0 Å². The summed E-state index contributed by atoms with van der Waals surface area (Å²) >= 11 is 0. The number of methoxy groups -OCH3 is 3. The zero-order valence-electron chi connectivity index (χ0n) is 42.4. The van der Waals surface area contributed by atoms with Gasteiger partial charge in [-0.1, -0.05) is 78.0 Å². The van der Waals surface area contributed by atoms with E-state index in [0.29, 0.717) is 50.5 Å². The topological polar surface area (TPSA) is 187 Å². The number of carbonyl (C=O) groups excluding carboxylic acids is 5. The van der Waals surface area contributed by atoms with Crippen molar-refractivity contribution in [1.29, 1.82) is 0 Å². The first kappa shape index (κ1) is 56.2. The van der Waals surface area contributed by atoms with Crippen LogP contribution in [0, 0.1) is 35.5 Å². The zero-order valence-corrected chi connectivity index (χ0v) is 42.4. The van der Waals surface area contributed by atoms with Gasteiger partial charge in [0.1, 0.15) is 30.1 Å². The second-order valence-electron chi connectivity index (χ2n) is 20.2. The lowest BCUT2D eigenvalue weighted by Crippen LogP contribution is -2.61. The van der Waals surface area contributed by atoms with Crippen molar-refractivity contribution >= 4 is 29.2 Å². The van der Waals surface area contributed by atoms with Crippen molar-refractivity contribution in [2.24, 2.45) is 35.5 Å². The summed E-state index contributed by atoms with van der Waals surface area (Å²) in [6.07, 6.45) is 13.3. The highest BCUT2D eigenvalue weighted by atomic mass is 16.6. The first-order valence-electron chi connectivity index (χ1n) is 25.0. The van der Waals surface area contributed by atoms with Crippen LogP contribution >= 0.6 is 0 Å². The molecule has 4 rings (SSSR count). The smallest absolute Gasteiger partial charge is 0.329 e. The van der Waals surface area contributed by atoms with Gasteiger partial charge < -0.3 is 44.1 Å². The van der Waals surface area contributed by atoms with E-state index in [1.807, 2.05) is 58.1 Å². The highest BCUT2D eigenvalue weighted by molar-refractivity contribution is 6.39. The molecule has 0 radical (unpaired) electrons. The van der Waals surface area contributed by atoms with E-state index in [0.717, 1.165) is 31.4 Å². The van der Waals surface area contributed by atoms with Crippen LogP contribution in [-0.2, 0) is 47.7 Å². The number of piperidine rings is 1. The molecule has 3 N–H and O–H groups in total. The second kappa shape index (κ2) is 26.6. The van der Waals surface area contributed by atoms with Crippen molar-refractivity contribution in [1.82, 2.24) is 10.2 Å². The van der Waals surface area contributed by atoms with E-state index < -0.39 is 77.8 Å². The number of fused-ring (bicyclic) bond motifs is 3. The minimum Gasteiger partial charge on any atom is -0.460 e. The fourth-order valence-electron chi connectivity index (χ4n) is 10.6. The van der Waals surface area contributed by atoms with Crippen LogP contribution in [0.25, 0.3) is 0 Å². The Morgan fingerprint density at radius 2 is 1.61 bits per heavy atom. The molecule has 0 spiro atoms. The van der Waals surface area contributed by atoms with Crippen LogP contribution in [-0.4, -0.2) is 133 Å². The summed E-state index contributed by atoms with van der Waals surface area (Å²) < 4.78 is 29.8. The molecule has 14 heteroatoms. The highest BCUT2D eigenvalue weighted by Crippen LogP contribution is 2.38. The van der Waals surface area contributed by atoms with E-state index in [2.05, 4.69) is 12.2 Å². The van der Waals surface area contributed by atoms with Crippen LogP contribution in [0.15, 0.2) is 47.6 Å². The van der Waals surface area contributed by atoms with Gasteiger partial charge in [-0.3, -0.25) is 19.2 Å². The fourth-order valence-corrected chi connectivity index (χ4v) is 10.6. The molecule has 2 bridgehead atoms. The highest BCUT2D eigenvalue weighted by Gasteiger charge is 2.53. The molecular formula is C53H84N2O12. The minimum absolute atomic E-state index is 0.00877. The maximum absolute atomic E-state index is 14.5. The average molecular weight is 941 g/mol. The summed E-state index contributed by atoms with van der Waals surface area (Å²) in [5, 5.41) is 27.0. The number of amides is 1. The third-order valence-corrected chi connectivity index (χ3v) is 15.0. The summed E-state index contributed by atoms with van der Waals surface area (Å²) in [4.78, 5) is 72.2. The maximum atomic E-state index is 14.5. The fraction of sp³-hybridized carbons (Fsp3) is 0.755. The van der Waals surface area contributed by atoms with Crippen molar-refractivity contribution < 1.29 is 57.9 Å². The summed E-state index contributed by atoms with van der Waals surface area (Å²) in [6.45, 7) is 15.8. The lowest BCUT2D eigenvalue weighted by atomic mass is 9.77. The molecular weight excluding hydrogens is 857 g/mol. The number of hydrogen-bond acceptors (Lipinski definition) is 13. The summed E-state index contributed by atoms with van der Waals surface area (Å²) in [5.41, 5.74) is 1.29. The van der Waals surface area contributed by atoms with Gasteiger partial charge in [0, 0.05) is 64.5 Å². The Hall–Kier alpha value is -3.37. The number of allylic oxidation sites excluding steroid dienone is 6. The van der Waals surface area contributed by atoms with E-state index in [1.54, 1.807) is 41.1 Å². The van der Waals surface area contributed by atoms with E-state index in [-0.39, 0.29) is 60.9 Å². The molecule has 2 saturated heterocycles. The predicted octanol–water partition coefficient (Wildman–Crippen LogP) is 6.80. The minimum atomic E-state index is -2.42. The Morgan fingerprint density at radius 3 is 2.28 bits per heavy atom. The first-order valence-corrected chi connectivity index (χ1v) is 25.0. The lowest BCUT2D eigenvalue weighted by Gasteiger charge is -2.42. The van der Waals surface area contributed by atoms with E-state index >= 15 is 0 Å². The average Bonchev–Trinajstić information content (AvgIpc) is 3.30. The van der Waals surface area contributed by atoms with Gasteiger partial charge >= 0.3 is 5.97 Å². The van der Waals surface area contributed by atoms with Gasteiger partial charge in [-0.25, -0.2) is 4.79 Å². The van der Waals surface area contributed by atoms with Gasteiger partial charge in [-0.05, 0) is 114 Å². The maximum Gasteiger partial charge on any atom is 0.329 e. The number of nitrogens with one attached hydrogen (secondary N) is 1. The molecule has 0 unspecified atom stereocenters. The number of aliphatic hydroxyl groups is 2. The molecule has 378 valence electrons. The molecule has 67 heavy (non-hydrogen) atoms. The van der Waals surface area contributed by atoms with Crippen LogP contribution in [0.1, 0.15) is 132 Å². The number of ether oxygens (including phenoxy) is 5. The number of Topliss-reactive ketones (excluding diaryl/α,β-unsaturated/α-hetero) is 3. The molecule has 4 aliphatic rings. The monoisotopic (exact) mass is 941 g/mol. The molecule has 14 nitrogen and oxygen atoms in total. The number of hydrogen-bond donors (Lipinski definition) is 3. The van der Waals surface area contributed by atoms with Crippen LogP contribution in [0.3, 0.4) is 0 Å². The van der Waals surface area contributed by atoms with Gasteiger partial charge in [0.25, 0.3) is 11.7 Å². The molecule has 15 atom stereocenters. The van der Waals surface area contributed by atoms with Gasteiger partial charge in [-0.15, -0.1) is 0 Å². The van der Waals surface area contributed by atoms with Crippen molar-refractivity contribution in [3.8, 4) is 0 Å². The summed E-state index contributed by atoms with van der Waals surface area (Å²) in [5.74, 6) is -7.59. The second-order valence-corrected chi connectivity index (χ2v) is 20.2. The number of cyclic esters (lactones) is 1. The van der Waals surface area contributed by atoms with Gasteiger partial charge in [-0.2, -0.15) is 0 Å². The van der Waals surface area contributed by atoms with Gasteiger partial charge in [0.05, 0.1) is 18.3 Å². The number of esters is 1. The van der Waals surface area contributed by atoms with Crippen LogP contribution < -0.4 is 5.32 Å². The van der Waals surface area contributed by atoms with E-state index in [9.17, 15) is 34.2 Å². The van der Waals surface area contributed by atoms with Crippen molar-refractivity contribution in [3.05, 3.63) is 47.6 Å². The lowest BCUT2D eigenvalue weighted by molar-refractivity contribution is -0.265. The normalized spacial score (nSPS) is 39.6. The quantitative estimate of drug-likeness (QED) is 0.131. The van der Waals surface area contributed by atoms with Gasteiger partial charge in [0.15, 0.2) is 5.78 Å². The largest absolute Gasteiger partial charge is 0.460 e. The Morgan fingerprint density at radius 1 is 0.881 bits per heavy atom. The molecule has 0 aromatic rings. The zero-order chi connectivity index (χ0) is 49.6. The molecule has 0 aromatic heterocycles. The van der Waals surface area contributed by atoms with Crippen LogP contribution in [0.4, 0.5) is 0 Å². The van der Waals surface area contributed by atoms with E-state index in [4.69, 9.17) is 23.7 Å². The van der Waals surface area contributed by atoms with Crippen LogP contribution in [0.2, 0.25) is 0 Å². The number of likely N-dealkylation sites (N-methyl/N-ethyl adjacent to an activating group) is 1. The van der Waals surface area contributed by atoms with Crippen molar-refractivity contribution in [2.45, 2.75) is 187 Å². The number of ketones is 3. The van der Waals surface area contributed by atoms with Gasteiger partial charge in [0.2, 0.25) is 5.79 Å².